The maximum atomic E-state index is 13.3. The Morgan fingerprint density at radius 3 is 2.31 bits per heavy atom. The Bertz CT molecular complexity index is 966. The van der Waals surface area contributed by atoms with Crippen molar-refractivity contribution in [2.45, 2.75) is 18.3 Å². The molecule has 130 valence electrons. The first-order valence-corrected chi connectivity index (χ1v) is 8.76. The Labute approximate surface area is 150 Å². The highest BCUT2D eigenvalue weighted by molar-refractivity contribution is 6.25. The van der Waals surface area contributed by atoms with Crippen molar-refractivity contribution < 1.29 is 19.1 Å². The fourth-order valence-electron chi connectivity index (χ4n) is 5.01. The third-order valence-electron chi connectivity index (χ3n) is 6.02. The van der Waals surface area contributed by atoms with Crippen LogP contribution in [0.2, 0.25) is 0 Å². The molecule has 6 rings (SSSR count). The molecule has 0 spiro atoms. The summed E-state index contributed by atoms with van der Waals surface area (Å²) in [6, 6.07) is 14.7. The first-order valence-electron chi connectivity index (χ1n) is 8.76. The second kappa shape index (κ2) is 5.27. The summed E-state index contributed by atoms with van der Waals surface area (Å²) in [6.45, 7) is 0. The summed E-state index contributed by atoms with van der Waals surface area (Å²) in [5.41, 5.74) is 2.41. The van der Waals surface area contributed by atoms with Crippen LogP contribution >= 0.6 is 0 Å². The van der Waals surface area contributed by atoms with Crippen LogP contribution in [0.25, 0.3) is 0 Å². The average molecular weight is 347 g/mol. The van der Waals surface area contributed by atoms with Crippen LogP contribution in [0.15, 0.2) is 48.5 Å². The van der Waals surface area contributed by atoms with Gasteiger partial charge in [-0.3, -0.25) is 14.4 Å². The number of ketones is 1. The number of imide groups is 1. The number of benzene rings is 2. The Kier molecular flexibility index (Phi) is 3.11. The quantitative estimate of drug-likeness (QED) is 0.784. The summed E-state index contributed by atoms with van der Waals surface area (Å²) in [7, 11) is 1.51. The van der Waals surface area contributed by atoms with Gasteiger partial charge in [-0.05, 0) is 23.3 Å². The highest BCUT2D eigenvalue weighted by Crippen LogP contribution is 2.58. The molecular weight excluding hydrogens is 330 g/mol. The van der Waals surface area contributed by atoms with Crippen LogP contribution in [-0.4, -0.2) is 24.7 Å². The number of Topliss-reactive ketones (excluding diaryl/α,β-unsaturated/α-hetero) is 1. The topological polar surface area (TPSA) is 63.7 Å². The van der Waals surface area contributed by atoms with Crippen LogP contribution in [0, 0.1) is 11.8 Å². The second-order valence-electron chi connectivity index (χ2n) is 7.12. The molecule has 26 heavy (non-hydrogen) atoms. The highest BCUT2D eigenvalue weighted by atomic mass is 16.5. The van der Waals surface area contributed by atoms with E-state index in [9.17, 15) is 14.4 Å². The normalized spacial score (nSPS) is 29.0. The fraction of sp³-hybridized carbons (Fsp3) is 0.286. The van der Waals surface area contributed by atoms with Crippen LogP contribution in [0.5, 0.6) is 5.75 Å². The Morgan fingerprint density at radius 2 is 1.54 bits per heavy atom. The molecule has 0 radical (unpaired) electrons. The molecule has 1 heterocycles. The smallest absolute Gasteiger partial charge is 0.238 e. The molecule has 2 bridgehead atoms. The van der Waals surface area contributed by atoms with Crippen LogP contribution in [0.4, 0.5) is 5.69 Å². The van der Waals surface area contributed by atoms with Crippen LogP contribution in [0.3, 0.4) is 0 Å². The zero-order chi connectivity index (χ0) is 18.0. The molecule has 1 aliphatic heterocycles. The number of hydrogen-bond donors (Lipinski definition) is 0. The van der Waals surface area contributed by atoms with Crippen LogP contribution in [-0.2, 0) is 14.4 Å². The van der Waals surface area contributed by atoms with Gasteiger partial charge in [-0.15, -0.1) is 0 Å². The SMILES string of the molecule is COc1ccccc1N1C(=O)[C@@H]2[C@@H](C1=O)[C@@H]1C(=O)C[C@@H]2c2ccccc21. The molecule has 4 atom stereocenters. The zero-order valence-corrected chi connectivity index (χ0v) is 14.2. The predicted molar refractivity (Wildman–Crippen MR) is 94.0 cm³/mol. The summed E-state index contributed by atoms with van der Waals surface area (Å²) >= 11 is 0. The van der Waals surface area contributed by atoms with E-state index in [1.54, 1.807) is 24.3 Å². The van der Waals surface area contributed by atoms with E-state index in [2.05, 4.69) is 0 Å². The molecular formula is C21H17NO4. The van der Waals surface area contributed by atoms with Crippen LogP contribution < -0.4 is 9.64 Å². The van der Waals surface area contributed by atoms with Gasteiger partial charge in [0.15, 0.2) is 0 Å². The fourth-order valence-corrected chi connectivity index (χ4v) is 5.01. The maximum Gasteiger partial charge on any atom is 0.238 e. The first kappa shape index (κ1) is 15.3. The number of methoxy groups -OCH3 is 1. The lowest BCUT2D eigenvalue weighted by atomic mass is 9.56. The number of rotatable bonds is 2. The van der Waals surface area contributed by atoms with Gasteiger partial charge in [-0.25, -0.2) is 4.90 Å². The van der Waals surface area contributed by atoms with Gasteiger partial charge < -0.3 is 4.74 Å². The molecule has 1 saturated carbocycles. The lowest BCUT2D eigenvalue weighted by Crippen LogP contribution is -2.44. The summed E-state index contributed by atoms with van der Waals surface area (Å²) < 4.78 is 5.35. The van der Waals surface area contributed by atoms with Gasteiger partial charge in [-0.2, -0.15) is 0 Å². The molecule has 5 nitrogen and oxygen atoms in total. The second-order valence-corrected chi connectivity index (χ2v) is 7.12. The van der Waals surface area contributed by atoms with E-state index in [0.717, 1.165) is 11.1 Å². The van der Waals surface area contributed by atoms with Gasteiger partial charge in [0.1, 0.15) is 11.5 Å². The van der Waals surface area contributed by atoms with Crippen molar-refractivity contribution in [3.63, 3.8) is 0 Å². The number of nitrogens with zero attached hydrogens (tertiary/aromatic N) is 1. The van der Waals surface area contributed by atoms with Crippen molar-refractivity contribution in [2.75, 3.05) is 12.0 Å². The van der Waals surface area contributed by atoms with Gasteiger partial charge in [-0.1, -0.05) is 36.4 Å². The van der Waals surface area contributed by atoms with Gasteiger partial charge >= 0.3 is 0 Å². The van der Waals surface area contributed by atoms with Crippen molar-refractivity contribution in [1.82, 2.24) is 0 Å². The number of para-hydroxylation sites is 2. The summed E-state index contributed by atoms with van der Waals surface area (Å²) in [4.78, 5) is 40.4. The number of carbonyl (C=O) groups excluding carboxylic acids is 3. The highest BCUT2D eigenvalue weighted by Gasteiger charge is 2.62. The largest absolute Gasteiger partial charge is 0.495 e. The van der Waals surface area contributed by atoms with Crippen molar-refractivity contribution in [3.8, 4) is 5.75 Å². The Balaban J connectivity index is 1.67. The van der Waals surface area contributed by atoms with Crippen molar-refractivity contribution in [1.29, 1.82) is 0 Å². The van der Waals surface area contributed by atoms with Gasteiger partial charge in [0, 0.05) is 12.3 Å². The minimum atomic E-state index is -0.603. The minimum absolute atomic E-state index is 0.0676. The molecule has 4 aliphatic rings. The minimum Gasteiger partial charge on any atom is -0.495 e. The van der Waals surface area contributed by atoms with Crippen molar-refractivity contribution >= 4 is 23.3 Å². The molecule has 0 aromatic heterocycles. The van der Waals surface area contributed by atoms with E-state index < -0.39 is 17.8 Å². The average Bonchev–Trinajstić information content (AvgIpc) is 2.93. The summed E-state index contributed by atoms with van der Waals surface area (Å²) in [5, 5.41) is 0. The molecule has 2 amide bonds. The van der Waals surface area contributed by atoms with E-state index in [1.165, 1.54) is 12.0 Å². The van der Waals surface area contributed by atoms with E-state index in [4.69, 9.17) is 4.74 Å². The van der Waals surface area contributed by atoms with Gasteiger partial charge in [0.2, 0.25) is 11.8 Å². The lowest BCUT2D eigenvalue weighted by molar-refractivity contribution is -0.134. The molecule has 0 N–H and O–H groups in total. The van der Waals surface area contributed by atoms with E-state index in [1.807, 2.05) is 24.3 Å². The molecule has 3 aliphatic carbocycles. The van der Waals surface area contributed by atoms with E-state index >= 15 is 0 Å². The number of hydrogen-bond acceptors (Lipinski definition) is 4. The number of carbonyl (C=O) groups is 3. The predicted octanol–water partition coefficient (Wildman–Crippen LogP) is 2.65. The lowest BCUT2D eigenvalue weighted by Gasteiger charge is -2.43. The summed E-state index contributed by atoms with van der Waals surface area (Å²) in [5.74, 6) is -1.77. The molecule has 2 fully saturated rings. The Morgan fingerprint density at radius 1 is 0.885 bits per heavy atom. The van der Waals surface area contributed by atoms with Gasteiger partial charge in [0.25, 0.3) is 0 Å². The maximum absolute atomic E-state index is 13.3. The monoisotopic (exact) mass is 347 g/mol. The molecule has 1 saturated heterocycles. The van der Waals surface area contributed by atoms with E-state index in [0.29, 0.717) is 17.9 Å². The van der Waals surface area contributed by atoms with E-state index in [-0.39, 0.29) is 23.5 Å². The number of ether oxygens (including phenoxy) is 1. The zero-order valence-electron chi connectivity index (χ0n) is 14.2. The van der Waals surface area contributed by atoms with Crippen molar-refractivity contribution in [3.05, 3.63) is 59.7 Å². The number of anilines is 1. The third-order valence-corrected chi connectivity index (χ3v) is 6.02. The van der Waals surface area contributed by atoms with Gasteiger partial charge in [0.05, 0.1) is 30.6 Å². The molecule has 5 heteroatoms. The number of amides is 2. The van der Waals surface area contributed by atoms with Crippen molar-refractivity contribution in [2.24, 2.45) is 11.8 Å². The first-order chi connectivity index (χ1) is 12.6. The standard InChI is InChI=1S/C21H17NO4/c1-26-16-9-5-4-8-14(16)22-20(24)18-13-10-15(23)17(19(18)21(22)25)12-7-3-2-6-11(12)13/h2-9,13,17-19H,10H2,1H3/t13-,17+,18+,19+/m1/s1. The Hall–Kier alpha value is -2.95. The molecule has 2 aromatic rings. The van der Waals surface area contributed by atoms with Crippen LogP contribution in [0.1, 0.15) is 29.4 Å². The summed E-state index contributed by atoms with van der Waals surface area (Å²) in [6.07, 6.45) is 0.335. The third kappa shape index (κ3) is 1.77. The molecule has 2 aromatic carbocycles. The number of fused-ring (bicyclic) bond motifs is 1. The molecule has 0 unspecified atom stereocenters.